The van der Waals surface area contributed by atoms with E-state index < -0.39 is 11.6 Å². The van der Waals surface area contributed by atoms with E-state index in [4.69, 9.17) is 9.47 Å². The number of hydrogen-bond donors (Lipinski definition) is 1. The van der Waals surface area contributed by atoms with Crippen LogP contribution < -0.4 is 4.74 Å². The van der Waals surface area contributed by atoms with Crippen LogP contribution in [0.1, 0.15) is 18.4 Å². The van der Waals surface area contributed by atoms with Gasteiger partial charge in [-0.05, 0) is 32.0 Å². The lowest BCUT2D eigenvalue weighted by molar-refractivity contribution is -0.0320. The smallest absolute Gasteiger partial charge is 0.167 e. The third-order valence-electron chi connectivity index (χ3n) is 4.30. The van der Waals surface area contributed by atoms with Crippen LogP contribution in [0.15, 0.2) is 12.1 Å². The van der Waals surface area contributed by atoms with Crippen molar-refractivity contribution in [3.8, 4) is 5.75 Å². The van der Waals surface area contributed by atoms with E-state index in [1.54, 1.807) is 0 Å². The summed E-state index contributed by atoms with van der Waals surface area (Å²) in [5.74, 6) is -1.43. The zero-order chi connectivity index (χ0) is 16.2. The maximum Gasteiger partial charge on any atom is 0.167 e. The third kappa shape index (κ3) is 3.74. The van der Waals surface area contributed by atoms with Gasteiger partial charge in [0, 0.05) is 37.3 Å². The van der Waals surface area contributed by atoms with E-state index in [1.165, 1.54) is 13.2 Å². The fourth-order valence-corrected chi connectivity index (χ4v) is 2.98. The fraction of sp³-hybridized carbons (Fsp3) is 0.625. The summed E-state index contributed by atoms with van der Waals surface area (Å²) in [6.07, 6.45) is 1.52. The van der Waals surface area contributed by atoms with E-state index >= 15 is 0 Å². The van der Waals surface area contributed by atoms with Gasteiger partial charge in [-0.2, -0.15) is 0 Å². The Morgan fingerprint density at radius 3 is 2.59 bits per heavy atom. The number of rotatable bonds is 6. The van der Waals surface area contributed by atoms with Crippen LogP contribution in [0.25, 0.3) is 0 Å². The van der Waals surface area contributed by atoms with Gasteiger partial charge in [-0.25, -0.2) is 8.78 Å². The highest BCUT2D eigenvalue weighted by molar-refractivity contribution is 5.35. The number of aliphatic hydroxyl groups is 1. The van der Waals surface area contributed by atoms with Gasteiger partial charge in [0.15, 0.2) is 11.6 Å². The summed E-state index contributed by atoms with van der Waals surface area (Å²) in [6.45, 7) is 2.10. The molecule has 0 aliphatic carbocycles. The van der Waals surface area contributed by atoms with Crippen molar-refractivity contribution in [1.82, 2.24) is 4.90 Å². The van der Waals surface area contributed by atoms with E-state index in [0.29, 0.717) is 25.5 Å². The molecule has 1 saturated heterocycles. The van der Waals surface area contributed by atoms with Gasteiger partial charge in [0.2, 0.25) is 0 Å². The Morgan fingerprint density at radius 1 is 1.32 bits per heavy atom. The number of methoxy groups -OCH3 is 1. The van der Waals surface area contributed by atoms with Crippen molar-refractivity contribution >= 4 is 0 Å². The van der Waals surface area contributed by atoms with Crippen LogP contribution in [0, 0.1) is 17.0 Å². The highest BCUT2D eigenvalue weighted by Gasteiger charge is 2.33. The summed E-state index contributed by atoms with van der Waals surface area (Å²) in [5.41, 5.74) is -0.0468. The Morgan fingerprint density at radius 2 is 2.00 bits per heavy atom. The number of halogens is 2. The molecular weight excluding hydrogens is 292 g/mol. The monoisotopic (exact) mass is 315 g/mol. The maximum atomic E-state index is 14.0. The number of benzene rings is 1. The molecule has 1 aromatic rings. The number of aliphatic hydroxyl groups excluding tert-OH is 1. The predicted molar refractivity (Wildman–Crippen MR) is 78.8 cm³/mol. The summed E-state index contributed by atoms with van der Waals surface area (Å²) in [6, 6.07) is 2.49. The van der Waals surface area contributed by atoms with Crippen molar-refractivity contribution in [3.05, 3.63) is 29.3 Å². The number of nitrogens with zero attached hydrogens (tertiary/aromatic N) is 1. The van der Waals surface area contributed by atoms with Gasteiger partial charge in [0.25, 0.3) is 0 Å². The molecular formula is C16H23F2NO3. The van der Waals surface area contributed by atoms with Gasteiger partial charge in [0.1, 0.15) is 5.75 Å². The number of hydrogen-bond acceptors (Lipinski definition) is 4. The lowest BCUT2D eigenvalue weighted by atomic mass is 9.80. The summed E-state index contributed by atoms with van der Waals surface area (Å²) >= 11 is 0. The maximum absolute atomic E-state index is 14.0. The van der Waals surface area contributed by atoms with Crippen LogP contribution in [0.5, 0.6) is 5.75 Å². The van der Waals surface area contributed by atoms with Crippen molar-refractivity contribution in [2.24, 2.45) is 5.41 Å². The van der Waals surface area contributed by atoms with Crippen LogP contribution in [-0.4, -0.2) is 50.5 Å². The molecule has 0 unspecified atom stereocenters. The van der Waals surface area contributed by atoms with Gasteiger partial charge in [-0.3, -0.25) is 0 Å². The van der Waals surface area contributed by atoms with Crippen LogP contribution in [0.3, 0.4) is 0 Å². The molecule has 0 amide bonds. The minimum absolute atomic E-state index is 0.0590. The van der Waals surface area contributed by atoms with E-state index in [1.807, 2.05) is 11.9 Å². The Hall–Kier alpha value is -1.24. The second-order valence-corrected chi connectivity index (χ2v) is 5.98. The zero-order valence-corrected chi connectivity index (χ0v) is 13.1. The van der Waals surface area contributed by atoms with Crippen LogP contribution in [-0.2, 0) is 11.3 Å². The fourth-order valence-electron chi connectivity index (χ4n) is 2.98. The Balaban J connectivity index is 2.11. The molecule has 1 N–H and O–H groups in total. The van der Waals surface area contributed by atoms with Crippen molar-refractivity contribution in [3.63, 3.8) is 0 Å². The second-order valence-electron chi connectivity index (χ2n) is 5.98. The van der Waals surface area contributed by atoms with Gasteiger partial charge in [0.05, 0.1) is 13.7 Å². The van der Waals surface area contributed by atoms with E-state index in [2.05, 4.69) is 0 Å². The molecule has 1 aliphatic heterocycles. The summed E-state index contributed by atoms with van der Waals surface area (Å²) in [5, 5.41) is 9.71. The van der Waals surface area contributed by atoms with Crippen molar-refractivity contribution in [1.29, 1.82) is 0 Å². The van der Waals surface area contributed by atoms with Crippen LogP contribution in [0.2, 0.25) is 0 Å². The lowest BCUT2D eigenvalue weighted by Crippen LogP contribution is -2.42. The molecule has 4 nitrogen and oxygen atoms in total. The minimum atomic E-state index is -0.882. The summed E-state index contributed by atoms with van der Waals surface area (Å²) in [7, 11) is 3.26. The molecule has 0 saturated carbocycles. The first-order valence-corrected chi connectivity index (χ1v) is 7.39. The molecule has 1 aromatic carbocycles. The Bertz CT molecular complexity index is 504. The highest BCUT2D eigenvalue weighted by atomic mass is 19.2. The zero-order valence-electron chi connectivity index (χ0n) is 13.1. The van der Waals surface area contributed by atoms with Crippen molar-refractivity contribution in [2.45, 2.75) is 19.4 Å². The second kappa shape index (κ2) is 7.35. The first-order valence-electron chi connectivity index (χ1n) is 7.39. The summed E-state index contributed by atoms with van der Waals surface area (Å²) < 4.78 is 37.9. The van der Waals surface area contributed by atoms with Gasteiger partial charge >= 0.3 is 0 Å². The molecule has 6 heteroatoms. The molecule has 124 valence electrons. The minimum Gasteiger partial charge on any atom is -0.496 e. The van der Waals surface area contributed by atoms with E-state index in [-0.39, 0.29) is 24.1 Å². The van der Waals surface area contributed by atoms with E-state index in [9.17, 15) is 13.9 Å². The molecule has 0 radical (unpaired) electrons. The molecule has 0 atom stereocenters. The molecule has 0 spiro atoms. The summed E-state index contributed by atoms with van der Waals surface area (Å²) in [4.78, 5) is 1.89. The molecule has 1 aliphatic rings. The Labute approximate surface area is 129 Å². The Kier molecular flexibility index (Phi) is 5.72. The topological polar surface area (TPSA) is 41.9 Å². The van der Waals surface area contributed by atoms with Crippen molar-refractivity contribution < 1.29 is 23.4 Å². The average molecular weight is 315 g/mol. The first kappa shape index (κ1) is 17.1. The average Bonchev–Trinajstić information content (AvgIpc) is 2.53. The molecule has 22 heavy (non-hydrogen) atoms. The third-order valence-corrected chi connectivity index (χ3v) is 4.30. The van der Waals surface area contributed by atoms with Gasteiger partial charge in [-0.1, -0.05) is 0 Å². The predicted octanol–water partition coefficient (Wildman–Crippen LogP) is 2.19. The highest BCUT2D eigenvalue weighted by Crippen LogP contribution is 2.32. The largest absolute Gasteiger partial charge is 0.496 e. The first-order chi connectivity index (χ1) is 10.5. The number of ether oxygens (including phenoxy) is 2. The standard InChI is InChI=1S/C16H23F2NO3/c1-19(10-16(11-20)5-7-22-8-6-16)9-12-14(21-2)4-3-13(17)15(12)18/h3-4,20H,5-11H2,1-2H3. The molecule has 1 heterocycles. The normalized spacial score (nSPS) is 17.7. The quantitative estimate of drug-likeness (QED) is 0.874. The van der Waals surface area contributed by atoms with Crippen LogP contribution in [0.4, 0.5) is 8.78 Å². The van der Waals surface area contributed by atoms with Crippen molar-refractivity contribution in [2.75, 3.05) is 40.5 Å². The molecule has 2 rings (SSSR count). The SMILES string of the molecule is COc1ccc(F)c(F)c1CN(C)CC1(CO)CCOCC1. The van der Waals surface area contributed by atoms with Gasteiger partial charge in [-0.15, -0.1) is 0 Å². The van der Waals surface area contributed by atoms with Crippen LogP contribution >= 0.6 is 0 Å². The lowest BCUT2D eigenvalue weighted by Gasteiger charge is -2.38. The van der Waals surface area contributed by atoms with E-state index in [0.717, 1.165) is 18.9 Å². The molecule has 0 aromatic heterocycles. The molecule has 0 bridgehead atoms. The molecule has 1 fully saturated rings. The van der Waals surface area contributed by atoms with Gasteiger partial charge < -0.3 is 19.5 Å².